The lowest BCUT2D eigenvalue weighted by Gasteiger charge is -2.15. The summed E-state index contributed by atoms with van der Waals surface area (Å²) in [6.45, 7) is 5.85. The minimum absolute atomic E-state index is 0.281. The van der Waals surface area contributed by atoms with Crippen LogP contribution in [0.1, 0.15) is 34.2 Å². The zero-order valence-corrected chi connectivity index (χ0v) is 17.3. The van der Waals surface area contributed by atoms with E-state index in [1.807, 2.05) is 48.9 Å². The summed E-state index contributed by atoms with van der Waals surface area (Å²) < 4.78 is 1.86. The van der Waals surface area contributed by atoms with Gasteiger partial charge in [0.2, 0.25) is 5.91 Å². The van der Waals surface area contributed by atoms with Crippen molar-refractivity contribution >= 4 is 23.4 Å². The summed E-state index contributed by atoms with van der Waals surface area (Å²) in [5.41, 5.74) is 4.06. The molecule has 0 fully saturated rings. The van der Waals surface area contributed by atoms with Gasteiger partial charge in [0.05, 0.1) is 22.0 Å². The molecule has 3 rings (SSSR count). The summed E-state index contributed by atoms with van der Waals surface area (Å²) in [7, 11) is 0. The molecule has 0 saturated heterocycles. The van der Waals surface area contributed by atoms with Crippen LogP contribution in [-0.4, -0.2) is 27.6 Å². The fraction of sp³-hybridized carbons (Fsp3) is 0.227. The fourth-order valence-corrected chi connectivity index (χ4v) is 3.29. The number of rotatable bonds is 6. The minimum Gasteiger partial charge on any atom is -0.350 e. The molecule has 6 nitrogen and oxygen atoms in total. The lowest BCUT2D eigenvalue weighted by Crippen LogP contribution is -2.44. The van der Waals surface area contributed by atoms with Crippen LogP contribution in [0.3, 0.4) is 0 Å². The van der Waals surface area contributed by atoms with Crippen molar-refractivity contribution in [2.24, 2.45) is 0 Å². The number of hydrogen-bond acceptors (Lipinski definition) is 3. The lowest BCUT2D eigenvalue weighted by atomic mass is 10.1. The number of aryl methyl sites for hydroxylation is 1. The van der Waals surface area contributed by atoms with E-state index < -0.39 is 6.04 Å². The van der Waals surface area contributed by atoms with Crippen LogP contribution in [-0.2, 0) is 11.3 Å². The van der Waals surface area contributed by atoms with Crippen molar-refractivity contribution in [3.8, 4) is 5.69 Å². The number of hydrogen-bond donors (Lipinski definition) is 2. The van der Waals surface area contributed by atoms with E-state index in [-0.39, 0.29) is 11.8 Å². The first-order valence-electron chi connectivity index (χ1n) is 9.32. The monoisotopic (exact) mass is 410 g/mol. The summed E-state index contributed by atoms with van der Waals surface area (Å²) in [6, 6.07) is 15.8. The van der Waals surface area contributed by atoms with Crippen molar-refractivity contribution in [3.05, 3.63) is 82.1 Å². The van der Waals surface area contributed by atoms with E-state index in [2.05, 4.69) is 15.7 Å². The van der Waals surface area contributed by atoms with Gasteiger partial charge in [-0.3, -0.25) is 9.59 Å². The fourth-order valence-electron chi connectivity index (χ4n) is 3.07. The van der Waals surface area contributed by atoms with E-state index >= 15 is 0 Å². The third-order valence-corrected chi connectivity index (χ3v) is 5.07. The maximum atomic E-state index is 12.5. The molecule has 0 spiro atoms. The minimum atomic E-state index is -0.705. The number of para-hydroxylation sites is 1. The summed E-state index contributed by atoms with van der Waals surface area (Å²) in [5.74, 6) is -0.667. The molecular formula is C22H23ClN4O2. The average Bonchev–Trinajstić information content (AvgIpc) is 3.00. The lowest BCUT2D eigenvalue weighted by molar-refractivity contribution is -0.122. The number of halogens is 1. The molecule has 0 aliphatic rings. The molecule has 1 aromatic heterocycles. The highest BCUT2D eigenvalue weighted by atomic mass is 35.5. The molecular weight excluding hydrogens is 388 g/mol. The van der Waals surface area contributed by atoms with Gasteiger partial charge in [0, 0.05) is 17.8 Å². The number of aromatic nitrogens is 2. The smallest absolute Gasteiger partial charge is 0.253 e. The summed E-state index contributed by atoms with van der Waals surface area (Å²) in [4.78, 5) is 24.8. The highest BCUT2D eigenvalue weighted by Gasteiger charge is 2.19. The van der Waals surface area contributed by atoms with Crippen molar-refractivity contribution in [2.45, 2.75) is 33.4 Å². The van der Waals surface area contributed by atoms with Crippen molar-refractivity contribution < 1.29 is 9.59 Å². The van der Waals surface area contributed by atoms with Crippen LogP contribution < -0.4 is 10.6 Å². The zero-order valence-electron chi connectivity index (χ0n) is 16.6. The van der Waals surface area contributed by atoms with Crippen molar-refractivity contribution in [2.75, 3.05) is 0 Å². The molecule has 0 bridgehead atoms. The molecule has 7 heteroatoms. The third-order valence-electron chi connectivity index (χ3n) is 4.74. The van der Waals surface area contributed by atoms with Gasteiger partial charge in [-0.15, -0.1) is 0 Å². The predicted molar refractivity (Wildman–Crippen MR) is 113 cm³/mol. The van der Waals surface area contributed by atoms with Gasteiger partial charge in [-0.1, -0.05) is 41.9 Å². The van der Waals surface area contributed by atoms with Gasteiger partial charge in [0.15, 0.2) is 0 Å². The van der Waals surface area contributed by atoms with Crippen LogP contribution in [0, 0.1) is 13.8 Å². The average molecular weight is 411 g/mol. The van der Waals surface area contributed by atoms with E-state index in [0.29, 0.717) is 17.1 Å². The molecule has 2 aromatic carbocycles. The molecule has 0 unspecified atom stereocenters. The molecule has 0 saturated carbocycles. The first-order valence-corrected chi connectivity index (χ1v) is 9.70. The first kappa shape index (κ1) is 20.6. The third kappa shape index (κ3) is 4.66. The molecule has 0 aliphatic carbocycles. The van der Waals surface area contributed by atoms with Gasteiger partial charge in [-0.05, 0) is 45.0 Å². The van der Waals surface area contributed by atoms with Crippen molar-refractivity contribution in [3.63, 3.8) is 0 Å². The van der Waals surface area contributed by atoms with Crippen LogP contribution >= 0.6 is 11.6 Å². The normalized spacial score (nSPS) is 11.7. The zero-order chi connectivity index (χ0) is 21.0. The van der Waals surface area contributed by atoms with E-state index in [1.54, 1.807) is 31.2 Å². The topological polar surface area (TPSA) is 76.0 Å². The van der Waals surface area contributed by atoms with Crippen molar-refractivity contribution in [1.82, 2.24) is 20.4 Å². The highest BCUT2D eigenvalue weighted by molar-refractivity contribution is 6.33. The van der Waals surface area contributed by atoms with Crippen LogP contribution in [0.4, 0.5) is 0 Å². The van der Waals surface area contributed by atoms with E-state index in [9.17, 15) is 9.59 Å². The molecule has 2 N–H and O–H groups in total. The van der Waals surface area contributed by atoms with E-state index in [0.717, 1.165) is 22.6 Å². The Hall–Kier alpha value is -3.12. The van der Waals surface area contributed by atoms with Gasteiger partial charge >= 0.3 is 0 Å². The van der Waals surface area contributed by atoms with Crippen LogP contribution in [0.25, 0.3) is 5.69 Å². The van der Waals surface area contributed by atoms with Gasteiger partial charge in [-0.2, -0.15) is 5.10 Å². The Kier molecular flexibility index (Phi) is 6.34. The molecule has 150 valence electrons. The Labute approximate surface area is 174 Å². The Morgan fingerprint density at radius 3 is 2.41 bits per heavy atom. The Morgan fingerprint density at radius 2 is 1.72 bits per heavy atom. The molecule has 29 heavy (non-hydrogen) atoms. The first-order chi connectivity index (χ1) is 13.9. The maximum Gasteiger partial charge on any atom is 0.253 e. The molecule has 3 aromatic rings. The summed E-state index contributed by atoms with van der Waals surface area (Å²) >= 11 is 6.04. The standard InChI is InChI=1S/C22H23ClN4O2/c1-14-19(16(3)27(26-14)17-9-5-4-6-10-17)13-24-21(28)15(2)25-22(29)18-11-7-8-12-20(18)23/h4-12,15H,13H2,1-3H3,(H,24,28)(H,25,29)/t15-/m0/s1. The second-order valence-corrected chi connectivity index (χ2v) is 7.20. The van der Waals surface area contributed by atoms with Gasteiger partial charge in [0.25, 0.3) is 5.91 Å². The maximum absolute atomic E-state index is 12.5. The molecule has 1 atom stereocenters. The number of nitrogens with zero attached hydrogens (tertiary/aromatic N) is 2. The predicted octanol–water partition coefficient (Wildman–Crippen LogP) is 3.58. The number of carbonyl (C=O) groups is 2. The Morgan fingerprint density at radius 1 is 1.07 bits per heavy atom. The number of benzene rings is 2. The summed E-state index contributed by atoms with van der Waals surface area (Å²) in [6.07, 6.45) is 0. The SMILES string of the molecule is Cc1nn(-c2ccccc2)c(C)c1CNC(=O)[C@H](C)NC(=O)c1ccccc1Cl. The largest absolute Gasteiger partial charge is 0.350 e. The molecule has 1 heterocycles. The van der Waals surface area contributed by atoms with Gasteiger partial charge < -0.3 is 10.6 Å². The van der Waals surface area contributed by atoms with Crippen LogP contribution in [0.2, 0.25) is 5.02 Å². The van der Waals surface area contributed by atoms with Crippen LogP contribution in [0.15, 0.2) is 54.6 Å². The second-order valence-electron chi connectivity index (χ2n) is 6.79. The van der Waals surface area contributed by atoms with Crippen LogP contribution in [0.5, 0.6) is 0 Å². The van der Waals surface area contributed by atoms with Gasteiger partial charge in [0.1, 0.15) is 6.04 Å². The quantitative estimate of drug-likeness (QED) is 0.652. The number of carbonyl (C=O) groups excluding carboxylic acids is 2. The van der Waals surface area contributed by atoms with Gasteiger partial charge in [-0.25, -0.2) is 4.68 Å². The summed E-state index contributed by atoms with van der Waals surface area (Å²) in [5, 5.41) is 10.5. The van der Waals surface area contributed by atoms with Crippen molar-refractivity contribution in [1.29, 1.82) is 0 Å². The molecule has 0 aliphatic heterocycles. The molecule has 0 radical (unpaired) electrons. The van der Waals surface area contributed by atoms with E-state index in [4.69, 9.17) is 11.6 Å². The number of nitrogens with one attached hydrogen (secondary N) is 2. The Balaban J connectivity index is 1.64. The highest BCUT2D eigenvalue weighted by Crippen LogP contribution is 2.18. The Bertz CT molecular complexity index is 1030. The second kappa shape index (κ2) is 8.92. The van der Waals surface area contributed by atoms with E-state index in [1.165, 1.54) is 0 Å². The molecule has 2 amide bonds. The number of amides is 2.